The number of benzene rings is 2. The average Bonchev–Trinajstić information content (AvgIpc) is 3.70. The van der Waals surface area contributed by atoms with Gasteiger partial charge in [0.15, 0.2) is 5.72 Å². The zero-order chi connectivity index (χ0) is 31.8. The Morgan fingerprint density at radius 3 is 2.07 bits per heavy atom. The molecule has 0 unspecified atom stereocenters. The maximum Gasteiger partial charge on any atom is 0.416 e. The van der Waals surface area contributed by atoms with Crippen molar-refractivity contribution < 1.29 is 32.9 Å². The lowest BCUT2D eigenvalue weighted by Crippen LogP contribution is -2.62. The smallest absolute Gasteiger partial charge is 0.407 e. The minimum absolute atomic E-state index is 0.0604. The second-order valence-electron chi connectivity index (χ2n) is 13.2. The lowest BCUT2D eigenvalue weighted by atomic mass is 9.43. The van der Waals surface area contributed by atoms with Crippen molar-refractivity contribution in [2.24, 2.45) is 5.41 Å². The van der Waals surface area contributed by atoms with Gasteiger partial charge in [-0.25, -0.2) is 0 Å². The van der Waals surface area contributed by atoms with E-state index in [0.717, 1.165) is 12.1 Å². The van der Waals surface area contributed by atoms with E-state index < -0.39 is 45.2 Å². The summed E-state index contributed by atoms with van der Waals surface area (Å²) in [5.74, 6) is -0.443. The molecule has 43 heavy (non-hydrogen) atoms. The van der Waals surface area contributed by atoms with Crippen LogP contribution in [-0.4, -0.2) is 68.2 Å². The van der Waals surface area contributed by atoms with Crippen molar-refractivity contribution in [3.05, 3.63) is 99.3 Å². The molecule has 1 aliphatic heterocycles. The SMILES string of the molecule is BC(B)(O)C1(C(B)(B)O[C@]2(c3ccc(C(F)(F)F)cc3)c3ccc(C(C)(C)O)cc3C(=O)N2Cc2ccc(Cl)cn2)CC1. The lowest BCUT2D eigenvalue weighted by molar-refractivity contribution is -0.168. The Hall–Kier alpha value is -2.72. The average molecular weight is 608 g/mol. The Morgan fingerprint density at radius 2 is 1.58 bits per heavy atom. The molecule has 1 aromatic heterocycles. The van der Waals surface area contributed by atoms with Gasteiger partial charge in [-0.15, -0.1) is 0 Å². The first-order valence-electron chi connectivity index (χ1n) is 14.1. The van der Waals surface area contributed by atoms with Crippen LogP contribution in [0.4, 0.5) is 13.2 Å². The first-order valence-corrected chi connectivity index (χ1v) is 14.5. The number of rotatable bonds is 8. The topological polar surface area (TPSA) is 82.9 Å². The van der Waals surface area contributed by atoms with Crippen LogP contribution in [0, 0.1) is 5.41 Å². The number of carbonyl (C=O) groups is 1. The molecule has 3 aromatic rings. The second-order valence-corrected chi connectivity index (χ2v) is 13.6. The van der Waals surface area contributed by atoms with Crippen LogP contribution in [-0.2, 0) is 28.8 Å². The number of alkyl halides is 3. The van der Waals surface area contributed by atoms with Gasteiger partial charge in [0.25, 0.3) is 5.91 Å². The molecule has 1 aliphatic carbocycles. The summed E-state index contributed by atoms with van der Waals surface area (Å²) in [6, 6.07) is 12.9. The van der Waals surface area contributed by atoms with Crippen LogP contribution in [0.1, 0.15) is 65.0 Å². The van der Waals surface area contributed by atoms with Crippen molar-refractivity contribution >= 4 is 48.9 Å². The quantitative estimate of drug-likeness (QED) is 0.379. The molecule has 2 aromatic carbocycles. The zero-order valence-electron chi connectivity index (χ0n) is 25.0. The molecule has 222 valence electrons. The van der Waals surface area contributed by atoms with Crippen LogP contribution in [0.3, 0.4) is 0 Å². The Bertz CT molecular complexity index is 1550. The largest absolute Gasteiger partial charge is 0.416 e. The summed E-state index contributed by atoms with van der Waals surface area (Å²) >= 11 is 6.07. The van der Waals surface area contributed by atoms with Gasteiger partial charge in [-0.1, -0.05) is 35.9 Å². The molecule has 1 atom stereocenters. The second kappa shape index (κ2) is 10.2. The van der Waals surface area contributed by atoms with Crippen molar-refractivity contribution in [2.45, 2.75) is 61.5 Å². The number of fused-ring (bicyclic) bond motifs is 1. The number of halogens is 4. The summed E-state index contributed by atoms with van der Waals surface area (Å²) in [5, 5.41) is 20.2. The van der Waals surface area contributed by atoms with Gasteiger partial charge < -0.3 is 14.9 Å². The number of carbonyl (C=O) groups excluding carboxylic acids is 1. The van der Waals surface area contributed by atoms with Gasteiger partial charge in [0, 0.05) is 33.7 Å². The minimum atomic E-state index is -4.57. The van der Waals surface area contributed by atoms with Gasteiger partial charge in [0.05, 0.1) is 28.4 Å². The number of amides is 1. The van der Waals surface area contributed by atoms with E-state index in [4.69, 9.17) is 16.3 Å². The summed E-state index contributed by atoms with van der Waals surface area (Å²) in [5.41, 5.74) is -2.57. The highest BCUT2D eigenvalue weighted by molar-refractivity contribution is 6.45. The molecule has 1 fully saturated rings. The number of aromatic nitrogens is 1. The fraction of sp³-hybridized carbons (Fsp3) is 0.379. The number of hydrogen-bond acceptors (Lipinski definition) is 5. The van der Waals surface area contributed by atoms with Gasteiger partial charge in [-0.3, -0.25) is 14.7 Å². The van der Waals surface area contributed by atoms with Gasteiger partial charge >= 0.3 is 6.18 Å². The van der Waals surface area contributed by atoms with Crippen LogP contribution < -0.4 is 0 Å². The van der Waals surface area contributed by atoms with Crippen molar-refractivity contribution in [3.63, 3.8) is 0 Å². The maximum absolute atomic E-state index is 14.4. The Labute approximate surface area is 257 Å². The molecule has 0 spiro atoms. The summed E-state index contributed by atoms with van der Waals surface area (Å²) < 4.78 is 48.1. The highest BCUT2D eigenvalue weighted by atomic mass is 35.5. The Balaban J connectivity index is 1.79. The molecule has 1 amide bonds. The molecule has 2 aliphatic rings. The van der Waals surface area contributed by atoms with E-state index in [2.05, 4.69) is 4.98 Å². The number of pyridine rings is 1. The molecule has 1 saturated carbocycles. The molecular weight excluding hydrogens is 576 g/mol. The van der Waals surface area contributed by atoms with E-state index in [1.807, 2.05) is 15.7 Å². The van der Waals surface area contributed by atoms with E-state index >= 15 is 0 Å². The molecule has 2 heterocycles. The molecule has 2 N–H and O–H groups in total. The van der Waals surface area contributed by atoms with Crippen molar-refractivity contribution in [1.29, 1.82) is 0 Å². The molecule has 14 heteroatoms. The van der Waals surface area contributed by atoms with Gasteiger partial charge in [0.2, 0.25) is 0 Å². The number of aliphatic hydroxyl groups is 2. The minimum Gasteiger partial charge on any atom is -0.407 e. The predicted molar refractivity (Wildman–Crippen MR) is 168 cm³/mol. The molecule has 0 radical (unpaired) electrons. The maximum atomic E-state index is 14.4. The van der Waals surface area contributed by atoms with Gasteiger partial charge in [-0.05, 0) is 68.0 Å². The van der Waals surface area contributed by atoms with E-state index in [1.165, 1.54) is 23.2 Å². The van der Waals surface area contributed by atoms with E-state index in [-0.39, 0.29) is 12.1 Å². The van der Waals surface area contributed by atoms with Crippen LogP contribution in [0.15, 0.2) is 60.8 Å². The molecule has 0 bridgehead atoms. The third kappa shape index (κ3) is 5.32. The fourth-order valence-electron chi connectivity index (χ4n) is 6.58. The Morgan fingerprint density at radius 1 is 0.977 bits per heavy atom. The molecule has 0 saturated heterocycles. The predicted octanol–water partition coefficient (Wildman–Crippen LogP) is 1.47. The summed E-state index contributed by atoms with van der Waals surface area (Å²) in [6.07, 6.45) is -1.80. The first-order chi connectivity index (χ1) is 19.7. The van der Waals surface area contributed by atoms with E-state index in [0.29, 0.717) is 40.2 Å². The third-order valence-corrected chi connectivity index (χ3v) is 9.36. The van der Waals surface area contributed by atoms with Crippen LogP contribution >= 0.6 is 11.6 Å². The monoisotopic (exact) mass is 608 g/mol. The molecule has 5 rings (SSSR count). The third-order valence-electron chi connectivity index (χ3n) is 9.14. The summed E-state index contributed by atoms with van der Waals surface area (Å²) in [6.45, 7) is 3.15. The summed E-state index contributed by atoms with van der Waals surface area (Å²) in [4.78, 5) is 20.2. The number of hydrogen-bond donors (Lipinski definition) is 2. The number of nitrogens with zero attached hydrogens (tertiary/aromatic N) is 2. The van der Waals surface area contributed by atoms with E-state index in [9.17, 15) is 28.2 Å². The zero-order valence-corrected chi connectivity index (χ0v) is 25.8. The lowest BCUT2D eigenvalue weighted by Gasteiger charge is -2.51. The Kier molecular flexibility index (Phi) is 7.49. The van der Waals surface area contributed by atoms with Crippen molar-refractivity contribution in [3.8, 4) is 0 Å². The highest BCUT2D eigenvalue weighted by Gasteiger charge is 2.66. The van der Waals surface area contributed by atoms with Gasteiger partial charge in [-0.2, -0.15) is 13.2 Å². The van der Waals surface area contributed by atoms with Crippen LogP contribution in [0.5, 0.6) is 0 Å². The standard InChI is InChI=1S/C29H32B4ClF3N2O4/c1-24(2,41)18-7-10-22-21(13-18)23(40)39(15-20-9-8-19(34)14-38-20)26(22,16-3-5-17(6-4-16)27(35,36)37)43-29(32,33)25(11-12-25)28(30,31)42/h3-10,13-14,41-42H,11-12,15,30-33H2,1-2H3/t26-/m1/s1. The van der Waals surface area contributed by atoms with Crippen LogP contribution in [0.2, 0.25) is 5.02 Å². The van der Waals surface area contributed by atoms with Gasteiger partial charge in [0.1, 0.15) is 31.4 Å². The summed E-state index contributed by atoms with van der Waals surface area (Å²) in [7, 11) is 7.12. The fourth-order valence-corrected chi connectivity index (χ4v) is 6.70. The molecular formula is C29H32B4ClF3N2O4. The van der Waals surface area contributed by atoms with Crippen LogP contribution in [0.25, 0.3) is 0 Å². The van der Waals surface area contributed by atoms with Crippen molar-refractivity contribution in [2.75, 3.05) is 0 Å². The van der Waals surface area contributed by atoms with E-state index in [1.54, 1.807) is 59.9 Å². The van der Waals surface area contributed by atoms with Crippen molar-refractivity contribution in [1.82, 2.24) is 9.88 Å². The number of ether oxygens (including phenoxy) is 1. The normalized spacial score (nSPS) is 20.3. The highest BCUT2D eigenvalue weighted by Crippen LogP contribution is 2.61. The molecule has 6 nitrogen and oxygen atoms in total. The first kappa shape index (κ1) is 31.7.